The van der Waals surface area contributed by atoms with Gasteiger partial charge in [-0.05, 0) is 24.3 Å². The number of fused-ring (bicyclic) bond motifs is 1. The van der Waals surface area contributed by atoms with Crippen LogP contribution in [0.1, 0.15) is 12.6 Å². The van der Waals surface area contributed by atoms with E-state index >= 15 is 0 Å². The SMILES string of the molecule is CC(=O)SCC(=O)N(Cc1ccccn1)c1nc2ccccc2s1. The van der Waals surface area contributed by atoms with Crippen molar-refractivity contribution in [3.63, 3.8) is 0 Å². The third-order valence-corrected chi connectivity index (χ3v) is 5.12. The van der Waals surface area contributed by atoms with Crippen LogP contribution in [0, 0.1) is 0 Å². The van der Waals surface area contributed by atoms with Crippen LogP contribution in [0.25, 0.3) is 10.2 Å². The average molecular weight is 357 g/mol. The molecule has 0 aliphatic rings. The summed E-state index contributed by atoms with van der Waals surface area (Å²) < 4.78 is 1.02. The van der Waals surface area contributed by atoms with Gasteiger partial charge < -0.3 is 0 Å². The second-order valence-electron chi connectivity index (χ2n) is 5.05. The number of carbonyl (C=O) groups excluding carboxylic acids is 2. The summed E-state index contributed by atoms with van der Waals surface area (Å²) in [4.78, 5) is 34.2. The molecule has 1 amide bonds. The normalized spacial score (nSPS) is 10.7. The number of hydrogen-bond donors (Lipinski definition) is 0. The molecule has 3 rings (SSSR count). The van der Waals surface area contributed by atoms with Crippen LogP contribution in [0.5, 0.6) is 0 Å². The monoisotopic (exact) mass is 357 g/mol. The molecule has 2 heterocycles. The fourth-order valence-electron chi connectivity index (χ4n) is 2.13. The summed E-state index contributed by atoms with van der Waals surface area (Å²) >= 11 is 2.47. The van der Waals surface area contributed by atoms with E-state index in [4.69, 9.17) is 0 Å². The first-order chi connectivity index (χ1) is 11.6. The predicted molar refractivity (Wildman–Crippen MR) is 98.2 cm³/mol. The number of rotatable bonds is 5. The zero-order valence-electron chi connectivity index (χ0n) is 13.0. The highest BCUT2D eigenvalue weighted by atomic mass is 32.2. The Labute approximate surface area is 147 Å². The zero-order chi connectivity index (χ0) is 16.9. The summed E-state index contributed by atoms with van der Waals surface area (Å²) in [7, 11) is 0. The molecule has 0 aliphatic carbocycles. The van der Waals surface area contributed by atoms with Gasteiger partial charge in [0.1, 0.15) is 0 Å². The molecule has 0 N–H and O–H groups in total. The second-order valence-corrected chi connectivity index (χ2v) is 7.21. The highest BCUT2D eigenvalue weighted by Gasteiger charge is 2.21. The number of para-hydroxylation sites is 1. The van der Waals surface area contributed by atoms with Gasteiger partial charge in [-0.1, -0.05) is 41.3 Å². The van der Waals surface area contributed by atoms with Crippen molar-refractivity contribution in [2.75, 3.05) is 10.7 Å². The van der Waals surface area contributed by atoms with Gasteiger partial charge in [0.15, 0.2) is 10.2 Å². The summed E-state index contributed by atoms with van der Waals surface area (Å²) in [5.41, 5.74) is 1.63. The average Bonchev–Trinajstić information content (AvgIpc) is 3.02. The van der Waals surface area contributed by atoms with Crippen LogP contribution in [0.4, 0.5) is 5.13 Å². The number of carbonyl (C=O) groups is 2. The lowest BCUT2D eigenvalue weighted by Gasteiger charge is -2.19. The van der Waals surface area contributed by atoms with Gasteiger partial charge in [-0.2, -0.15) is 0 Å². The summed E-state index contributed by atoms with van der Waals surface area (Å²) in [6, 6.07) is 13.3. The van der Waals surface area contributed by atoms with Crippen LogP contribution in [-0.2, 0) is 16.1 Å². The first kappa shape index (κ1) is 16.6. The van der Waals surface area contributed by atoms with Crippen molar-refractivity contribution in [1.29, 1.82) is 0 Å². The maximum absolute atomic E-state index is 12.6. The largest absolute Gasteiger partial charge is 0.288 e. The van der Waals surface area contributed by atoms with Gasteiger partial charge in [0.2, 0.25) is 5.91 Å². The van der Waals surface area contributed by atoms with Crippen LogP contribution >= 0.6 is 23.1 Å². The Morgan fingerprint density at radius 1 is 1.17 bits per heavy atom. The molecule has 5 nitrogen and oxygen atoms in total. The van der Waals surface area contributed by atoms with Gasteiger partial charge in [0.05, 0.1) is 28.2 Å². The predicted octanol–water partition coefficient (Wildman–Crippen LogP) is 3.50. The minimum absolute atomic E-state index is 0.0783. The van der Waals surface area contributed by atoms with Crippen LogP contribution < -0.4 is 4.90 Å². The smallest absolute Gasteiger partial charge is 0.239 e. The summed E-state index contributed by atoms with van der Waals surface area (Å²) in [6.07, 6.45) is 1.70. The minimum Gasteiger partial charge on any atom is -0.288 e. The van der Waals surface area contributed by atoms with Crippen molar-refractivity contribution in [1.82, 2.24) is 9.97 Å². The molecule has 122 valence electrons. The Bertz CT molecular complexity index is 831. The highest BCUT2D eigenvalue weighted by Crippen LogP contribution is 2.30. The van der Waals surface area contributed by atoms with E-state index in [2.05, 4.69) is 9.97 Å². The number of hydrogen-bond acceptors (Lipinski definition) is 6. The quantitative estimate of drug-likeness (QED) is 0.699. The fraction of sp³-hybridized carbons (Fsp3) is 0.176. The third-order valence-electron chi connectivity index (χ3n) is 3.26. The molecule has 0 bridgehead atoms. The van der Waals surface area contributed by atoms with E-state index in [-0.39, 0.29) is 16.8 Å². The van der Waals surface area contributed by atoms with E-state index in [1.165, 1.54) is 18.3 Å². The molecule has 1 aromatic carbocycles. The molecule has 24 heavy (non-hydrogen) atoms. The van der Waals surface area contributed by atoms with Gasteiger partial charge in [-0.15, -0.1) is 0 Å². The maximum Gasteiger partial charge on any atom is 0.239 e. The number of nitrogens with zero attached hydrogens (tertiary/aromatic N) is 3. The van der Waals surface area contributed by atoms with Gasteiger partial charge >= 0.3 is 0 Å². The molecule has 2 aromatic heterocycles. The van der Waals surface area contributed by atoms with E-state index in [9.17, 15) is 9.59 Å². The van der Waals surface area contributed by atoms with Gasteiger partial charge in [-0.25, -0.2) is 4.98 Å². The number of benzene rings is 1. The Hall–Kier alpha value is -2.25. The Morgan fingerprint density at radius 3 is 2.67 bits per heavy atom. The van der Waals surface area contributed by atoms with E-state index in [0.717, 1.165) is 27.7 Å². The molecular formula is C17H15N3O2S2. The molecule has 0 radical (unpaired) electrons. The number of thiazole rings is 1. The van der Waals surface area contributed by atoms with Crippen molar-refractivity contribution in [2.45, 2.75) is 13.5 Å². The molecule has 0 unspecified atom stereocenters. The topological polar surface area (TPSA) is 63.2 Å². The van der Waals surface area contributed by atoms with Crippen LogP contribution in [0.3, 0.4) is 0 Å². The van der Waals surface area contributed by atoms with Gasteiger partial charge in [0, 0.05) is 13.1 Å². The first-order valence-electron chi connectivity index (χ1n) is 7.32. The Morgan fingerprint density at radius 2 is 1.96 bits per heavy atom. The van der Waals surface area contributed by atoms with Crippen LogP contribution in [0.15, 0.2) is 48.7 Å². The van der Waals surface area contributed by atoms with Crippen molar-refractivity contribution < 1.29 is 9.59 Å². The highest BCUT2D eigenvalue weighted by molar-refractivity contribution is 8.14. The summed E-state index contributed by atoms with van der Waals surface area (Å²) in [6.45, 7) is 1.79. The molecule has 0 atom stereocenters. The number of pyridine rings is 1. The Balaban J connectivity index is 1.91. The van der Waals surface area contributed by atoms with Crippen LogP contribution in [-0.4, -0.2) is 26.7 Å². The maximum atomic E-state index is 12.6. The standard InChI is InChI=1S/C17H15N3O2S2/c1-12(21)23-11-16(22)20(10-13-6-4-5-9-18-13)17-19-14-7-2-3-8-15(14)24-17/h2-9H,10-11H2,1H3. The molecule has 0 spiro atoms. The lowest BCUT2D eigenvalue weighted by molar-refractivity contribution is -0.116. The van der Waals surface area contributed by atoms with Crippen LogP contribution in [0.2, 0.25) is 0 Å². The van der Waals surface area contributed by atoms with Crippen molar-refractivity contribution in [3.8, 4) is 0 Å². The number of thioether (sulfide) groups is 1. The lowest BCUT2D eigenvalue weighted by atomic mass is 10.3. The summed E-state index contributed by atoms with van der Waals surface area (Å²) in [5.74, 6) is -0.0575. The number of amides is 1. The molecule has 0 saturated heterocycles. The first-order valence-corrected chi connectivity index (χ1v) is 9.13. The lowest BCUT2D eigenvalue weighted by Crippen LogP contribution is -2.32. The van der Waals surface area contributed by atoms with E-state index in [1.807, 2.05) is 42.5 Å². The summed E-state index contributed by atoms with van der Waals surface area (Å²) in [5, 5.41) is 0.543. The van der Waals surface area contributed by atoms with Crippen molar-refractivity contribution in [2.24, 2.45) is 0 Å². The van der Waals surface area contributed by atoms with Crippen molar-refractivity contribution in [3.05, 3.63) is 54.4 Å². The van der Waals surface area contributed by atoms with E-state index < -0.39 is 0 Å². The fourth-order valence-corrected chi connectivity index (χ4v) is 3.60. The molecular weight excluding hydrogens is 342 g/mol. The molecule has 0 fully saturated rings. The van der Waals surface area contributed by atoms with Crippen molar-refractivity contribution >= 4 is 49.5 Å². The van der Waals surface area contributed by atoms with E-state index in [0.29, 0.717) is 11.7 Å². The number of anilines is 1. The zero-order valence-corrected chi connectivity index (χ0v) is 14.6. The molecule has 0 aliphatic heterocycles. The molecule has 7 heteroatoms. The molecule has 0 saturated carbocycles. The second kappa shape index (κ2) is 7.55. The minimum atomic E-state index is -0.153. The van der Waals surface area contributed by atoms with Gasteiger partial charge in [0.25, 0.3) is 0 Å². The molecule has 3 aromatic rings. The third kappa shape index (κ3) is 3.98. The Kier molecular flexibility index (Phi) is 5.22. The van der Waals surface area contributed by atoms with Gasteiger partial charge in [-0.3, -0.25) is 19.5 Å². The van der Waals surface area contributed by atoms with E-state index in [1.54, 1.807) is 11.1 Å². The number of aromatic nitrogens is 2.